The van der Waals surface area contributed by atoms with Crippen molar-refractivity contribution in [2.24, 2.45) is 5.73 Å². The van der Waals surface area contributed by atoms with Gasteiger partial charge in [0.2, 0.25) is 0 Å². The molecule has 0 aromatic heterocycles. The predicted octanol–water partition coefficient (Wildman–Crippen LogP) is -0.426. The van der Waals surface area contributed by atoms with E-state index >= 15 is 0 Å². The maximum atomic E-state index is 9.65. The van der Waals surface area contributed by atoms with Crippen molar-refractivity contribution in [2.75, 3.05) is 6.54 Å². The Morgan fingerprint density at radius 2 is 2.50 bits per heavy atom. The molecule has 6 heavy (non-hydrogen) atoms. The standard InChI is InChI=1S/C2H7NO2P/c3-1-2-6(4)5/h2,6H,1,3H2,(H,4,5). The van der Waals surface area contributed by atoms with Crippen molar-refractivity contribution in [3.63, 3.8) is 0 Å². The lowest BCUT2D eigenvalue weighted by Crippen LogP contribution is -1.94. The zero-order valence-corrected chi connectivity index (χ0v) is 4.22. The van der Waals surface area contributed by atoms with E-state index in [4.69, 9.17) is 10.6 Å². The van der Waals surface area contributed by atoms with Gasteiger partial charge in [-0.2, -0.15) is 0 Å². The summed E-state index contributed by atoms with van der Waals surface area (Å²) in [6.45, 7) is 0.189. The molecule has 1 unspecified atom stereocenters. The average Bonchev–Trinajstić information content (AvgIpc) is 1.35. The SMILES string of the molecule is NC[CH][PH](=O)O. The van der Waals surface area contributed by atoms with Gasteiger partial charge in [0.1, 0.15) is 0 Å². The molecule has 0 aliphatic carbocycles. The van der Waals surface area contributed by atoms with Gasteiger partial charge in [-0.05, 0) is 0 Å². The first-order valence-corrected chi connectivity index (χ1v) is 2.97. The van der Waals surface area contributed by atoms with Crippen LogP contribution in [-0.4, -0.2) is 11.4 Å². The molecule has 1 radical (unpaired) electrons. The molecule has 4 heteroatoms. The highest BCUT2D eigenvalue weighted by molar-refractivity contribution is 7.40. The summed E-state index contributed by atoms with van der Waals surface area (Å²) in [5.74, 6) is 0. The van der Waals surface area contributed by atoms with Gasteiger partial charge in [0.05, 0.1) is 6.16 Å². The van der Waals surface area contributed by atoms with Crippen LogP contribution in [0.25, 0.3) is 0 Å². The highest BCUT2D eigenvalue weighted by Crippen LogP contribution is 2.14. The minimum atomic E-state index is -2.39. The molecule has 1 atom stereocenters. The minimum Gasteiger partial charge on any atom is -0.346 e. The van der Waals surface area contributed by atoms with E-state index in [0.717, 1.165) is 0 Å². The van der Waals surface area contributed by atoms with Crippen LogP contribution >= 0.6 is 8.03 Å². The zero-order valence-electron chi connectivity index (χ0n) is 3.22. The third kappa shape index (κ3) is 4.15. The fourth-order valence-corrected chi connectivity index (χ4v) is 0.302. The molecule has 0 saturated heterocycles. The Kier molecular flexibility index (Phi) is 3.43. The first-order valence-electron chi connectivity index (χ1n) is 1.53. The lowest BCUT2D eigenvalue weighted by molar-refractivity contribution is 0.508. The summed E-state index contributed by atoms with van der Waals surface area (Å²) >= 11 is 0. The van der Waals surface area contributed by atoms with Crippen molar-refractivity contribution in [2.45, 2.75) is 0 Å². The van der Waals surface area contributed by atoms with Gasteiger partial charge in [-0.1, -0.05) is 0 Å². The first kappa shape index (κ1) is 6.15. The molecule has 0 aliphatic rings. The topological polar surface area (TPSA) is 63.3 Å². The summed E-state index contributed by atoms with van der Waals surface area (Å²) in [5, 5.41) is 0. The number of nitrogens with two attached hydrogens (primary N) is 1. The summed E-state index contributed by atoms with van der Waals surface area (Å²) in [5.41, 5.74) is 4.84. The van der Waals surface area contributed by atoms with Crippen LogP contribution in [0.15, 0.2) is 0 Å². The molecule has 0 heterocycles. The van der Waals surface area contributed by atoms with E-state index in [1.54, 1.807) is 0 Å². The molecule has 0 spiro atoms. The lowest BCUT2D eigenvalue weighted by atomic mass is 10.8. The minimum absolute atomic E-state index is 0.189. The largest absolute Gasteiger partial charge is 0.346 e. The van der Waals surface area contributed by atoms with Crippen molar-refractivity contribution in [3.8, 4) is 0 Å². The normalized spacial score (nSPS) is 14.3. The molecule has 3 nitrogen and oxygen atoms in total. The molecule has 0 aromatic rings. The summed E-state index contributed by atoms with van der Waals surface area (Å²) < 4.78 is 9.65. The molecule has 0 rings (SSSR count). The first-order chi connectivity index (χ1) is 2.77. The van der Waals surface area contributed by atoms with Gasteiger partial charge in [-0.25, -0.2) is 0 Å². The Balaban J connectivity index is 2.83. The van der Waals surface area contributed by atoms with Crippen LogP contribution < -0.4 is 5.73 Å². The Hall–Kier alpha value is 0.150. The molecule has 0 aliphatic heterocycles. The number of hydrogen-bond donors (Lipinski definition) is 2. The fraction of sp³-hybridized carbons (Fsp3) is 0.500. The van der Waals surface area contributed by atoms with Crippen molar-refractivity contribution >= 4 is 8.03 Å². The maximum absolute atomic E-state index is 9.65. The number of rotatable bonds is 2. The third-order valence-corrected chi connectivity index (χ3v) is 0.877. The molecule has 0 bridgehead atoms. The molecule has 37 valence electrons. The second-order valence-corrected chi connectivity index (χ2v) is 1.86. The van der Waals surface area contributed by atoms with Gasteiger partial charge in [0.25, 0.3) is 0 Å². The van der Waals surface area contributed by atoms with Crippen molar-refractivity contribution in [1.29, 1.82) is 0 Å². The summed E-state index contributed by atoms with van der Waals surface area (Å²) in [6, 6.07) is 0. The van der Waals surface area contributed by atoms with Crippen molar-refractivity contribution < 1.29 is 9.46 Å². The van der Waals surface area contributed by atoms with Crippen LogP contribution in [-0.2, 0) is 4.57 Å². The van der Waals surface area contributed by atoms with E-state index in [1.165, 1.54) is 6.16 Å². The van der Waals surface area contributed by atoms with E-state index in [2.05, 4.69) is 0 Å². The highest BCUT2D eigenvalue weighted by Gasteiger charge is 1.84. The molecule has 0 aromatic carbocycles. The third-order valence-electron chi connectivity index (χ3n) is 0.292. The van der Waals surface area contributed by atoms with E-state index in [0.29, 0.717) is 0 Å². The fourth-order valence-electron chi connectivity index (χ4n) is 0.101. The monoisotopic (exact) mass is 108 g/mol. The van der Waals surface area contributed by atoms with Crippen molar-refractivity contribution in [1.82, 2.24) is 0 Å². The highest BCUT2D eigenvalue weighted by atomic mass is 31.1. The van der Waals surface area contributed by atoms with Gasteiger partial charge in [-0.15, -0.1) is 0 Å². The average molecular weight is 108 g/mol. The Morgan fingerprint density at radius 1 is 2.00 bits per heavy atom. The lowest BCUT2D eigenvalue weighted by Gasteiger charge is -1.81. The Morgan fingerprint density at radius 3 is 2.50 bits per heavy atom. The number of hydrogen-bond acceptors (Lipinski definition) is 2. The van der Waals surface area contributed by atoms with Gasteiger partial charge >= 0.3 is 0 Å². The molecule has 0 fully saturated rings. The van der Waals surface area contributed by atoms with Gasteiger partial charge in [0, 0.05) is 6.54 Å². The molecule has 0 saturated carbocycles. The molecule has 0 amide bonds. The van der Waals surface area contributed by atoms with Crippen LogP contribution in [0.2, 0.25) is 0 Å². The van der Waals surface area contributed by atoms with Crippen LogP contribution in [0.1, 0.15) is 0 Å². The summed E-state index contributed by atoms with van der Waals surface area (Å²) in [7, 11) is -2.39. The smallest absolute Gasteiger partial charge is 0.194 e. The van der Waals surface area contributed by atoms with Gasteiger partial charge in [-0.3, -0.25) is 4.57 Å². The Labute approximate surface area is 37.0 Å². The van der Waals surface area contributed by atoms with Crippen LogP contribution in [0, 0.1) is 6.16 Å². The van der Waals surface area contributed by atoms with E-state index < -0.39 is 8.03 Å². The second kappa shape index (κ2) is 3.34. The maximum Gasteiger partial charge on any atom is 0.194 e. The summed E-state index contributed by atoms with van der Waals surface area (Å²) in [4.78, 5) is 7.96. The van der Waals surface area contributed by atoms with Crippen LogP contribution in [0.5, 0.6) is 0 Å². The van der Waals surface area contributed by atoms with Gasteiger partial charge in [0.15, 0.2) is 8.03 Å². The van der Waals surface area contributed by atoms with Crippen LogP contribution in [0.4, 0.5) is 0 Å². The second-order valence-electron chi connectivity index (χ2n) is 0.778. The zero-order chi connectivity index (χ0) is 4.99. The van der Waals surface area contributed by atoms with Crippen molar-refractivity contribution in [3.05, 3.63) is 6.16 Å². The summed E-state index contributed by atoms with van der Waals surface area (Å²) in [6.07, 6.45) is 1.17. The van der Waals surface area contributed by atoms with Crippen LogP contribution in [0.3, 0.4) is 0 Å². The van der Waals surface area contributed by atoms with Gasteiger partial charge < -0.3 is 10.6 Å². The van der Waals surface area contributed by atoms with E-state index in [1.807, 2.05) is 0 Å². The molecule has 3 N–H and O–H groups in total. The van der Waals surface area contributed by atoms with E-state index in [9.17, 15) is 4.57 Å². The predicted molar refractivity (Wildman–Crippen MR) is 24.6 cm³/mol. The quantitative estimate of drug-likeness (QED) is 0.472. The molecular formula is C2H7NO2P. The molecular weight excluding hydrogens is 101 g/mol. The Bertz CT molecular complexity index is 55.5. The van der Waals surface area contributed by atoms with E-state index in [-0.39, 0.29) is 6.54 Å².